The summed E-state index contributed by atoms with van der Waals surface area (Å²) in [6, 6.07) is 12.3. The number of amides is 2. The van der Waals surface area contributed by atoms with Gasteiger partial charge in [-0.25, -0.2) is 0 Å². The summed E-state index contributed by atoms with van der Waals surface area (Å²) in [5.41, 5.74) is 2.01. The molecule has 0 aliphatic carbocycles. The van der Waals surface area contributed by atoms with Gasteiger partial charge in [0.25, 0.3) is 5.91 Å². The fourth-order valence-electron chi connectivity index (χ4n) is 2.73. The molecule has 0 saturated carbocycles. The van der Waals surface area contributed by atoms with Crippen molar-refractivity contribution in [2.75, 3.05) is 13.7 Å². The molecular formula is C21H24BrClN2O3. The summed E-state index contributed by atoms with van der Waals surface area (Å²) in [5, 5.41) is 3.16. The molecular weight excluding hydrogens is 444 g/mol. The second-order valence-corrected chi connectivity index (χ2v) is 7.64. The van der Waals surface area contributed by atoms with Crippen LogP contribution in [0, 0.1) is 0 Å². The standard InChI is InChI=1S/C21H24BrClN2O3/c1-4-15-8-9-19(18(22)11-15)28-13-20(26)25(14(2)21(27)24-3)12-16-6-5-7-17(23)10-16/h5-11,14H,4,12-13H2,1-3H3,(H,24,27)/t14-/m0/s1. The molecule has 0 aromatic heterocycles. The van der Waals surface area contributed by atoms with Gasteiger partial charge in [-0.1, -0.05) is 36.7 Å². The number of ether oxygens (including phenoxy) is 1. The Hall–Kier alpha value is -2.05. The molecule has 0 heterocycles. The first-order chi connectivity index (χ1) is 13.3. The highest BCUT2D eigenvalue weighted by molar-refractivity contribution is 9.10. The van der Waals surface area contributed by atoms with Crippen LogP contribution in [0.1, 0.15) is 25.0 Å². The molecule has 150 valence electrons. The molecule has 7 heteroatoms. The second kappa shape index (κ2) is 10.5. The van der Waals surface area contributed by atoms with Crippen LogP contribution in [0.5, 0.6) is 5.75 Å². The van der Waals surface area contributed by atoms with Crippen molar-refractivity contribution in [3.63, 3.8) is 0 Å². The fourth-order valence-corrected chi connectivity index (χ4v) is 3.48. The number of hydrogen-bond donors (Lipinski definition) is 1. The first-order valence-corrected chi connectivity index (χ1v) is 10.2. The molecule has 0 aliphatic rings. The molecule has 1 N–H and O–H groups in total. The fraction of sp³-hybridized carbons (Fsp3) is 0.333. The molecule has 0 unspecified atom stereocenters. The quantitative estimate of drug-likeness (QED) is 0.633. The number of carbonyl (C=O) groups is 2. The van der Waals surface area contributed by atoms with Gasteiger partial charge < -0.3 is 15.0 Å². The number of carbonyl (C=O) groups excluding carboxylic acids is 2. The van der Waals surface area contributed by atoms with Crippen molar-refractivity contribution in [1.29, 1.82) is 0 Å². The van der Waals surface area contributed by atoms with Gasteiger partial charge in [0.1, 0.15) is 11.8 Å². The van der Waals surface area contributed by atoms with Crippen molar-refractivity contribution in [1.82, 2.24) is 10.2 Å². The number of rotatable bonds is 8. The zero-order chi connectivity index (χ0) is 20.7. The van der Waals surface area contributed by atoms with E-state index in [1.165, 1.54) is 10.5 Å². The summed E-state index contributed by atoms with van der Waals surface area (Å²) >= 11 is 9.52. The highest BCUT2D eigenvalue weighted by Gasteiger charge is 2.26. The summed E-state index contributed by atoms with van der Waals surface area (Å²) in [4.78, 5) is 26.5. The highest BCUT2D eigenvalue weighted by Crippen LogP contribution is 2.26. The molecule has 0 spiro atoms. The average Bonchev–Trinajstić information content (AvgIpc) is 2.69. The molecule has 0 bridgehead atoms. The van der Waals surface area contributed by atoms with Crippen LogP contribution >= 0.6 is 27.5 Å². The highest BCUT2D eigenvalue weighted by atomic mass is 79.9. The van der Waals surface area contributed by atoms with Crippen molar-refractivity contribution in [2.45, 2.75) is 32.9 Å². The lowest BCUT2D eigenvalue weighted by Crippen LogP contribution is -2.48. The van der Waals surface area contributed by atoms with Crippen LogP contribution in [-0.2, 0) is 22.6 Å². The lowest BCUT2D eigenvalue weighted by atomic mass is 10.1. The molecule has 2 rings (SSSR count). The van der Waals surface area contributed by atoms with Crippen LogP contribution in [0.3, 0.4) is 0 Å². The maximum absolute atomic E-state index is 12.9. The molecule has 2 aromatic rings. The first-order valence-electron chi connectivity index (χ1n) is 9.02. The Morgan fingerprint density at radius 1 is 1.21 bits per heavy atom. The minimum absolute atomic E-state index is 0.175. The van der Waals surface area contributed by atoms with E-state index in [-0.39, 0.29) is 25.0 Å². The van der Waals surface area contributed by atoms with E-state index < -0.39 is 6.04 Å². The number of halogens is 2. The molecule has 0 radical (unpaired) electrons. The SMILES string of the molecule is CCc1ccc(OCC(=O)N(Cc2cccc(Cl)c2)[C@@H](C)C(=O)NC)c(Br)c1. The van der Waals surface area contributed by atoms with Gasteiger partial charge in [0, 0.05) is 18.6 Å². The van der Waals surface area contributed by atoms with Gasteiger partial charge in [-0.05, 0) is 64.7 Å². The number of benzene rings is 2. The summed E-state index contributed by atoms with van der Waals surface area (Å²) in [6.45, 7) is 3.84. The predicted octanol–water partition coefficient (Wildman–Crippen LogP) is 4.21. The number of nitrogens with one attached hydrogen (secondary N) is 1. The molecule has 28 heavy (non-hydrogen) atoms. The molecule has 0 saturated heterocycles. The van der Waals surface area contributed by atoms with Gasteiger partial charge in [-0.15, -0.1) is 0 Å². The topological polar surface area (TPSA) is 58.6 Å². The largest absolute Gasteiger partial charge is 0.483 e. The van der Waals surface area contributed by atoms with E-state index in [1.807, 2.05) is 30.3 Å². The van der Waals surface area contributed by atoms with E-state index in [9.17, 15) is 9.59 Å². The Bertz CT molecular complexity index is 844. The summed E-state index contributed by atoms with van der Waals surface area (Å²) in [5.74, 6) is 0.0484. The van der Waals surface area contributed by atoms with E-state index >= 15 is 0 Å². The predicted molar refractivity (Wildman–Crippen MR) is 115 cm³/mol. The van der Waals surface area contributed by atoms with E-state index in [4.69, 9.17) is 16.3 Å². The van der Waals surface area contributed by atoms with E-state index in [0.717, 1.165) is 16.5 Å². The molecule has 0 aliphatic heterocycles. The van der Waals surface area contributed by atoms with Crippen molar-refractivity contribution >= 4 is 39.3 Å². The van der Waals surface area contributed by atoms with E-state index in [1.54, 1.807) is 26.1 Å². The Balaban J connectivity index is 2.15. The average molecular weight is 468 g/mol. The summed E-state index contributed by atoms with van der Waals surface area (Å²) in [6.07, 6.45) is 0.912. The van der Waals surface area contributed by atoms with Crippen LogP contribution in [0.4, 0.5) is 0 Å². The summed E-state index contributed by atoms with van der Waals surface area (Å²) < 4.78 is 6.50. The lowest BCUT2D eigenvalue weighted by Gasteiger charge is -2.28. The zero-order valence-electron chi connectivity index (χ0n) is 16.2. The molecule has 0 fully saturated rings. The molecule has 2 aromatic carbocycles. The van der Waals surface area contributed by atoms with Crippen molar-refractivity contribution in [3.8, 4) is 5.75 Å². The third kappa shape index (κ3) is 5.97. The minimum atomic E-state index is -0.647. The lowest BCUT2D eigenvalue weighted by molar-refractivity contribution is -0.142. The van der Waals surface area contributed by atoms with Gasteiger partial charge >= 0.3 is 0 Å². The molecule has 5 nitrogen and oxygen atoms in total. The Labute approximate surface area is 179 Å². The normalized spacial score (nSPS) is 11.6. The minimum Gasteiger partial charge on any atom is -0.483 e. The van der Waals surface area contributed by atoms with Crippen LogP contribution in [-0.4, -0.2) is 36.4 Å². The monoisotopic (exact) mass is 466 g/mol. The zero-order valence-corrected chi connectivity index (χ0v) is 18.5. The number of nitrogens with zero attached hydrogens (tertiary/aromatic N) is 1. The van der Waals surface area contributed by atoms with Crippen molar-refractivity contribution < 1.29 is 14.3 Å². The maximum atomic E-state index is 12.9. The van der Waals surface area contributed by atoms with Gasteiger partial charge in [0.15, 0.2) is 6.61 Å². The maximum Gasteiger partial charge on any atom is 0.261 e. The third-order valence-corrected chi connectivity index (χ3v) is 5.27. The van der Waals surface area contributed by atoms with Crippen LogP contribution in [0.15, 0.2) is 46.9 Å². The first kappa shape index (κ1) is 22.2. The number of aryl methyl sites for hydroxylation is 1. The van der Waals surface area contributed by atoms with Crippen molar-refractivity contribution in [3.05, 3.63) is 63.1 Å². The number of likely N-dealkylation sites (N-methyl/N-ethyl adjacent to an activating group) is 1. The Morgan fingerprint density at radius 2 is 1.96 bits per heavy atom. The van der Waals surface area contributed by atoms with Gasteiger partial charge in [-0.3, -0.25) is 9.59 Å². The van der Waals surface area contributed by atoms with Gasteiger partial charge in [-0.2, -0.15) is 0 Å². The molecule has 2 amide bonds. The van der Waals surface area contributed by atoms with E-state index in [0.29, 0.717) is 10.8 Å². The molecule has 1 atom stereocenters. The van der Waals surface area contributed by atoms with Gasteiger partial charge in [0.2, 0.25) is 5.91 Å². The van der Waals surface area contributed by atoms with E-state index in [2.05, 4.69) is 28.2 Å². The summed E-state index contributed by atoms with van der Waals surface area (Å²) in [7, 11) is 1.55. The van der Waals surface area contributed by atoms with Gasteiger partial charge in [0.05, 0.1) is 4.47 Å². The Morgan fingerprint density at radius 3 is 2.57 bits per heavy atom. The van der Waals surface area contributed by atoms with Crippen LogP contribution < -0.4 is 10.1 Å². The second-order valence-electron chi connectivity index (χ2n) is 6.35. The van der Waals surface area contributed by atoms with Crippen LogP contribution in [0.2, 0.25) is 5.02 Å². The number of hydrogen-bond acceptors (Lipinski definition) is 3. The van der Waals surface area contributed by atoms with Crippen LogP contribution in [0.25, 0.3) is 0 Å². The smallest absolute Gasteiger partial charge is 0.261 e. The van der Waals surface area contributed by atoms with Crippen molar-refractivity contribution in [2.24, 2.45) is 0 Å². The Kier molecular flexibility index (Phi) is 8.33. The third-order valence-electron chi connectivity index (χ3n) is 4.41.